The number of methoxy groups -OCH3 is 1. The number of nitrogens with zero attached hydrogens (tertiary/aromatic N) is 1. The van der Waals surface area contributed by atoms with Crippen molar-refractivity contribution in [3.05, 3.63) is 23.8 Å². The van der Waals surface area contributed by atoms with Crippen molar-refractivity contribution in [1.82, 2.24) is 10.2 Å². The number of nitrogens with one attached hydrogen (secondary N) is 1. The van der Waals surface area contributed by atoms with Gasteiger partial charge in [-0.2, -0.15) is 0 Å². The SMILES string of the molecule is C=C(C)C1=C[C@@H](COC)N2C[C@@H]1NC2=O. The van der Waals surface area contributed by atoms with E-state index in [0.717, 1.165) is 17.7 Å². The Kier molecular flexibility index (Phi) is 2.52. The van der Waals surface area contributed by atoms with E-state index in [4.69, 9.17) is 4.74 Å². The van der Waals surface area contributed by atoms with Crippen molar-refractivity contribution in [3.63, 3.8) is 0 Å². The van der Waals surface area contributed by atoms with Gasteiger partial charge in [-0.1, -0.05) is 18.2 Å². The summed E-state index contributed by atoms with van der Waals surface area (Å²) in [5.41, 5.74) is 2.15. The molecule has 0 aliphatic carbocycles. The molecule has 4 heteroatoms. The summed E-state index contributed by atoms with van der Waals surface area (Å²) >= 11 is 0. The summed E-state index contributed by atoms with van der Waals surface area (Å²) in [5, 5.41) is 2.94. The number of amides is 2. The van der Waals surface area contributed by atoms with Gasteiger partial charge >= 0.3 is 6.03 Å². The van der Waals surface area contributed by atoms with Crippen molar-refractivity contribution in [2.24, 2.45) is 0 Å². The van der Waals surface area contributed by atoms with E-state index in [0.29, 0.717) is 6.61 Å². The maximum atomic E-state index is 11.6. The summed E-state index contributed by atoms with van der Waals surface area (Å²) in [6.07, 6.45) is 2.08. The number of carbonyl (C=O) groups excluding carboxylic acids is 1. The number of ether oxygens (including phenoxy) is 1. The van der Waals surface area contributed by atoms with Crippen LogP contribution < -0.4 is 5.32 Å². The van der Waals surface area contributed by atoms with Crippen LogP contribution in [0.4, 0.5) is 4.79 Å². The number of carbonyl (C=O) groups is 1. The van der Waals surface area contributed by atoms with E-state index in [1.807, 2.05) is 6.92 Å². The Bertz CT molecular complexity index is 335. The zero-order valence-corrected chi connectivity index (χ0v) is 9.12. The topological polar surface area (TPSA) is 41.6 Å². The number of fused-ring (bicyclic) bond motifs is 2. The summed E-state index contributed by atoms with van der Waals surface area (Å²) in [6, 6.07) is 0.151. The summed E-state index contributed by atoms with van der Waals surface area (Å²) in [6.45, 7) is 7.17. The van der Waals surface area contributed by atoms with Gasteiger partial charge in [0.15, 0.2) is 0 Å². The Hall–Kier alpha value is -1.29. The molecule has 0 aromatic rings. The molecule has 1 fully saturated rings. The second-order valence-electron chi connectivity index (χ2n) is 4.08. The van der Waals surface area contributed by atoms with Crippen molar-refractivity contribution >= 4 is 6.03 Å². The van der Waals surface area contributed by atoms with Crippen LogP contribution in [-0.2, 0) is 4.74 Å². The van der Waals surface area contributed by atoms with Crippen molar-refractivity contribution in [2.45, 2.75) is 19.0 Å². The van der Waals surface area contributed by atoms with Crippen LogP contribution in [0, 0.1) is 0 Å². The lowest BCUT2D eigenvalue weighted by molar-refractivity contribution is 0.132. The lowest BCUT2D eigenvalue weighted by Gasteiger charge is -2.29. The number of urea groups is 1. The standard InChI is InChI=1S/C11H16N2O2/c1-7(2)9-4-8(6-15-3)13-5-10(9)12-11(13)14/h4,8,10H,1,5-6H2,2-3H3,(H,12,14)/t8-,10-/m0/s1. The van der Waals surface area contributed by atoms with Gasteiger partial charge < -0.3 is 15.0 Å². The predicted molar refractivity (Wildman–Crippen MR) is 57.6 cm³/mol. The highest BCUT2D eigenvalue weighted by Crippen LogP contribution is 2.26. The molecule has 1 N–H and O–H groups in total. The molecule has 0 aromatic carbocycles. The molecule has 2 aliphatic rings. The van der Waals surface area contributed by atoms with Crippen molar-refractivity contribution in [3.8, 4) is 0 Å². The molecule has 82 valence electrons. The smallest absolute Gasteiger partial charge is 0.318 e. The van der Waals surface area contributed by atoms with Crippen LogP contribution in [0.1, 0.15) is 6.92 Å². The molecule has 0 aromatic heterocycles. The van der Waals surface area contributed by atoms with Crippen molar-refractivity contribution in [2.75, 3.05) is 20.3 Å². The van der Waals surface area contributed by atoms with E-state index in [-0.39, 0.29) is 18.1 Å². The van der Waals surface area contributed by atoms with Crippen LogP contribution in [0.15, 0.2) is 23.8 Å². The molecule has 0 radical (unpaired) electrons. The van der Waals surface area contributed by atoms with Gasteiger partial charge in [-0.25, -0.2) is 4.79 Å². The highest BCUT2D eigenvalue weighted by atomic mass is 16.5. The maximum absolute atomic E-state index is 11.6. The van der Waals surface area contributed by atoms with Gasteiger partial charge in [0.05, 0.1) is 18.7 Å². The monoisotopic (exact) mass is 208 g/mol. The van der Waals surface area contributed by atoms with Gasteiger partial charge in [-0.05, 0) is 12.5 Å². The fraction of sp³-hybridized carbons (Fsp3) is 0.545. The first-order chi connectivity index (χ1) is 7.13. The molecule has 2 rings (SSSR count). The average Bonchev–Trinajstić information content (AvgIpc) is 2.49. The molecular weight excluding hydrogens is 192 g/mol. The molecule has 15 heavy (non-hydrogen) atoms. The average molecular weight is 208 g/mol. The summed E-state index contributed by atoms with van der Waals surface area (Å²) < 4.78 is 5.11. The molecule has 0 unspecified atom stereocenters. The van der Waals surface area contributed by atoms with Crippen LogP contribution in [0.3, 0.4) is 0 Å². The summed E-state index contributed by atoms with van der Waals surface area (Å²) in [5.74, 6) is 0. The molecule has 1 saturated heterocycles. The number of hydrogen-bond acceptors (Lipinski definition) is 2. The molecule has 0 saturated carbocycles. The Morgan fingerprint density at radius 1 is 1.80 bits per heavy atom. The fourth-order valence-electron chi connectivity index (χ4n) is 2.18. The van der Waals surface area contributed by atoms with E-state index in [2.05, 4.69) is 18.0 Å². The van der Waals surface area contributed by atoms with Crippen molar-refractivity contribution < 1.29 is 9.53 Å². The fourth-order valence-corrected chi connectivity index (χ4v) is 2.18. The quantitative estimate of drug-likeness (QED) is 0.749. The van der Waals surface area contributed by atoms with E-state index >= 15 is 0 Å². The summed E-state index contributed by atoms with van der Waals surface area (Å²) in [4.78, 5) is 13.4. The Labute approximate surface area is 89.6 Å². The predicted octanol–water partition coefficient (Wildman–Crippen LogP) is 0.911. The molecule has 2 aliphatic heterocycles. The Morgan fingerprint density at radius 3 is 3.13 bits per heavy atom. The normalized spacial score (nSPS) is 28.8. The van der Waals surface area contributed by atoms with Crippen LogP contribution in [0.5, 0.6) is 0 Å². The maximum Gasteiger partial charge on any atom is 0.318 e. The zero-order valence-electron chi connectivity index (χ0n) is 9.12. The van der Waals surface area contributed by atoms with E-state index < -0.39 is 0 Å². The molecule has 2 atom stereocenters. The molecular formula is C11H16N2O2. The molecule has 0 spiro atoms. The van der Waals surface area contributed by atoms with Gasteiger partial charge in [-0.3, -0.25) is 0 Å². The van der Waals surface area contributed by atoms with Crippen LogP contribution in [-0.4, -0.2) is 43.3 Å². The van der Waals surface area contributed by atoms with Crippen LogP contribution in [0.25, 0.3) is 0 Å². The molecule has 4 nitrogen and oxygen atoms in total. The molecule has 2 heterocycles. The lowest BCUT2D eigenvalue weighted by Crippen LogP contribution is -2.41. The van der Waals surface area contributed by atoms with E-state index in [9.17, 15) is 4.79 Å². The van der Waals surface area contributed by atoms with Gasteiger partial charge in [0.1, 0.15) is 0 Å². The largest absolute Gasteiger partial charge is 0.382 e. The molecule has 2 bridgehead atoms. The Morgan fingerprint density at radius 2 is 2.53 bits per heavy atom. The van der Waals surface area contributed by atoms with Gasteiger partial charge in [0, 0.05) is 13.7 Å². The minimum Gasteiger partial charge on any atom is -0.382 e. The van der Waals surface area contributed by atoms with Crippen LogP contribution in [0.2, 0.25) is 0 Å². The minimum absolute atomic E-state index is 0.00505. The van der Waals surface area contributed by atoms with Gasteiger partial charge in [0.2, 0.25) is 0 Å². The van der Waals surface area contributed by atoms with Crippen LogP contribution >= 0.6 is 0 Å². The number of rotatable bonds is 3. The third-order valence-corrected chi connectivity index (χ3v) is 2.92. The van der Waals surface area contributed by atoms with Gasteiger partial charge in [0.25, 0.3) is 0 Å². The second-order valence-corrected chi connectivity index (χ2v) is 4.08. The highest BCUT2D eigenvalue weighted by molar-refractivity contribution is 5.79. The third-order valence-electron chi connectivity index (χ3n) is 2.92. The number of hydrogen-bond donors (Lipinski definition) is 1. The summed E-state index contributed by atoms with van der Waals surface area (Å²) in [7, 11) is 1.65. The first-order valence-corrected chi connectivity index (χ1v) is 5.07. The second kappa shape index (κ2) is 3.70. The zero-order chi connectivity index (χ0) is 11.0. The van der Waals surface area contributed by atoms with E-state index in [1.165, 1.54) is 0 Å². The first kappa shape index (κ1) is 10.2. The Balaban J connectivity index is 2.27. The highest BCUT2D eigenvalue weighted by Gasteiger charge is 2.39. The first-order valence-electron chi connectivity index (χ1n) is 5.07. The van der Waals surface area contributed by atoms with Gasteiger partial charge in [-0.15, -0.1) is 0 Å². The van der Waals surface area contributed by atoms with E-state index in [1.54, 1.807) is 12.0 Å². The minimum atomic E-state index is -0.00505. The third kappa shape index (κ3) is 1.65. The molecule has 2 amide bonds. The lowest BCUT2D eigenvalue weighted by atomic mass is 9.95. The van der Waals surface area contributed by atoms with Crippen molar-refractivity contribution in [1.29, 1.82) is 0 Å².